The lowest BCUT2D eigenvalue weighted by atomic mass is 9.80. The summed E-state index contributed by atoms with van der Waals surface area (Å²) in [6, 6.07) is 9.01. The summed E-state index contributed by atoms with van der Waals surface area (Å²) in [5, 5.41) is 8.75. The van der Waals surface area contributed by atoms with E-state index < -0.39 is 15.1 Å². The maximum Gasteiger partial charge on any atom is 0.182 e. The van der Waals surface area contributed by atoms with Crippen molar-refractivity contribution < 1.29 is 8.42 Å². The molecule has 1 aromatic rings. The van der Waals surface area contributed by atoms with Crippen molar-refractivity contribution in [3.8, 4) is 6.07 Å². The van der Waals surface area contributed by atoms with Crippen molar-refractivity contribution in [1.82, 2.24) is 0 Å². The molecule has 1 aliphatic carbocycles. The summed E-state index contributed by atoms with van der Waals surface area (Å²) in [6.07, 6.45) is 4.38. The lowest BCUT2D eigenvalue weighted by Crippen LogP contribution is -2.35. The van der Waals surface area contributed by atoms with Crippen LogP contribution in [0.2, 0.25) is 0 Å². The summed E-state index contributed by atoms with van der Waals surface area (Å²) >= 11 is 3.32. The SMILES string of the molecule is CCCC1CCC(C#N)C(S(=O)(=O)c2cccc(Br)c2)C1. The van der Waals surface area contributed by atoms with Crippen LogP contribution in [0.4, 0.5) is 0 Å². The molecule has 0 aliphatic heterocycles. The van der Waals surface area contributed by atoms with Crippen LogP contribution in [-0.4, -0.2) is 13.7 Å². The van der Waals surface area contributed by atoms with E-state index in [1.165, 1.54) is 0 Å². The molecule has 0 bridgehead atoms. The number of rotatable bonds is 4. The van der Waals surface area contributed by atoms with E-state index in [0.717, 1.165) is 23.7 Å². The van der Waals surface area contributed by atoms with Gasteiger partial charge in [-0.1, -0.05) is 41.8 Å². The lowest BCUT2D eigenvalue weighted by molar-refractivity contribution is 0.299. The summed E-state index contributed by atoms with van der Waals surface area (Å²) in [5.41, 5.74) is 0. The van der Waals surface area contributed by atoms with Crippen LogP contribution in [0.15, 0.2) is 33.6 Å². The molecule has 3 atom stereocenters. The Bertz CT molecular complexity index is 636. The monoisotopic (exact) mass is 369 g/mol. The number of nitrogens with zero attached hydrogens (tertiary/aromatic N) is 1. The third-order valence-electron chi connectivity index (χ3n) is 4.29. The van der Waals surface area contributed by atoms with Gasteiger partial charge in [0.2, 0.25) is 0 Å². The fourth-order valence-electron chi connectivity index (χ4n) is 3.19. The Morgan fingerprint density at radius 3 is 2.76 bits per heavy atom. The van der Waals surface area contributed by atoms with E-state index in [1.807, 2.05) is 6.07 Å². The third kappa shape index (κ3) is 3.67. The van der Waals surface area contributed by atoms with Crippen molar-refractivity contribution in [1.29, 1.82) is 5.26 Å². The van der Waals surface area contributed by atoms with Crippen molar-refractivity contribution in [3.63, 3.8) is 0 Å². The summed E-state index contributed by atoms with van der Waals surface area (Å²) in [6.45, 7) is 2.12. The fourth-order valence-corrected chi connectivity index (χ4v) is 5.81. The van der Waals surface area contributed by atoms with E-state index in [1.54, 1.807) is 18.2 Å². The van der Waals surface area contributed by atoms with Gasteiger partial charge in [-0.25, -0.2) is 8.42 Å². The smallest absolute Gasteiger partial charge is 0.182 e. The second kappa shape index (κ2) is 6.93. The average molecular weight is 370 g/mol. The van der Waals surface area contributed by atoms with Crippen LogP contribution in [0.25, 0.3) is 0 Å². The second-order valence-electron chi connectivity index (χ2n) is 5.74. The number of hydrogen-bond acceptors (Lipinski definition) is 3. The van der Waals surface area contributed by atoms with Crippen LogP contribution < -0.4 is 0 Å². The zero-order valence-corrected chi connectivity index (χ0v) is 14.5. The van der Waals surface area contributed by atoms with Gasteiger partial charge in [0.15, 0.2) is 9.84 Å². The molecule has 0 radical (unpaired) electrons. The van der Waals surface area contributed by atoms with Crippen molar-refractivity contribution in [2.24, 2.45) is 11.8 Å². The van der Waals surface area contributed by atoms with Crippen LogP contribution in [0.1, 0.15) is 39.0 Å². The summed E-state index contributed by atoms with van der Waals surface area (Å²) in [7, 11) is -3.45. The van der Waals surface area contributed by atoms with Crippen molar-refractivity contribution in [3.05, 3.63) is 28.7 Å². The van der Waals surface area contributed by atoms with Gasteiger partial charge < -0.3 is 0 Å². The molecule has 1 aliphatic rings. The zero-order chi connectivity index (χ0) is 15.5. The van der Waals surface area contributed by atoms with Gasteiger partial charge in [-0.15, -0.1) is 0 Å². The van der Waals surface area contributed by atoms with E-state index in [2.05, 4.69) is 28.9 Å². The highest BCUT2D eigenvalue weighted by Crippen LogP contribution is 2.38. The highest BCUT2D eigenvalue weighted by atomic mass is 79.9. The van der Waals surface area contributed by atoms with Gasteiger partial charge in [0, 0.05) is 4.47 Å². The Balaban J connectivity index is 2.33. The Morgan fingerprint density at radius 1 is 1.38 bits per heavy atom. The number of halogens is 1. The Kier molecular flexibility index (Phi) is 5.45. The highest BCUT2D eigenvalue weighted by Gasteiger charge is 2.39. The Labute approximate surface area is 135 Å². The summed E-state index contributed by atoms with van der Waals surface area (Å²) < 4.78 is 26.5. The molecule has 114 valence electrons. The lowest BCUT2D eigenvalue weighted by Gasteiger charge is -2.32. The standard InChI is InChI=1S/C16H20BrNO2S/c1-2-4-12-7-8-13(11-18)16(9-12)21(19,20)15-6-3-5-14(17)10-15/h3,5-6,10,12-13,16H,2,4,7-9H2,1H3. The van der Waals surface area contributed by atoms with Crippen LogP contribution in [0.3, 0.4) is 0 Å². The van der Waals surface area contributed by atoms with Gasteiger partial charge in [-0.3, -0.25) is 0 Å². The van der Waals surface area contributed by atoms with E-state index in [-0.39, 0.29) is 5.92 Å². The molecule has 0 heterocycles. The molecular formula is C16H20BrNO2S. The van der Waals surface area contributed by atoms with Gasteiger partial charge in [-0.05, 0) is 43.4 Å². The first-order valence-corrected chi connectivity index (χ1v) is 9.72. The van der Waals surface area contributed by atoms with Crippen LogP contribution >= 0.6 is 15.9 Å². The van der Waals surface area contributed by atoms with Gasteiger partial charge >= 0.3 is 0 Å². The molecule has 1 saturated carbocycles. The van der Waals surface area contributed by atoms with Gasteiger partial charge in [0.25, 0.3) is 0 Å². The first-order valence-electron chi connectivity index (χ1n) is 7.38. The second-order valence-corrected chi connectivity index (χ2v) is 8.83. The van der Waals surface area contributed by atoms with Gasteiger partial charge in [0.1, 0.15) is 0 Å². The first kappa shape index (κ1) is 16.5. The van der Waals surface area contributed by atoms with E-state index >= 15 is 0 Å². The molecule has 0 amide bonds. The maximum absolute atomic E-state index is 12.9. The number of nitriles is 1. The van der Waals surface area contributed by atoms with Crippen LogP contribution in [-0.2, 0) is 9.84 Å². The van der Waals surface area contributed by atoms with Gasteiger partial charge in [0.05, 0.1) is 22.1 Å². The molecule has 0 saturated heterocycles. The fraction of sp³-hybridized carbons (Fsp3) is 0.562. The normalized spacial score (nSPS) is 26.2. The van der Waals surface area contributed by atoms with E-state index in [0.29, 0.717) is 23.7 Å². The minimum absolute atomic E-state index is 0.319. The summed E-state index contributed by atoms with van der Waals surface area (Å²) in [4.78, 5) is 0.319. The Morgan fingerprint density at radius 2 is 2.14 bits per heavy atom. The molecule has 0 N–H and O–H groups in total. The molecular weight excluding hydrogens is 350 g/mol. The molecule has 3 nitrogen and oxygen atoms in total. The molecule has 1 fully saturated rings. The molecule has 0 aromatic heterocycles. The first-order chi connectivity index (χ1) is 9.98. The molecule has 21 heavy (non-hydrogen) atoms. The van der Waals surface area contributed by atoms with Crippen molar-refractivity contribution in [2.75, 3.05) is 0 Å². The van der Waals surface area contributed by atoms with Crippen molar-refractivity contribution >= 4 is 25.8 Å². The van der Waals surface area contributed by atoms with E-state index in [4.69, 9.17) is 0 Å². The minimum atomic E-state index is -3.45. The van der Waals surface area contributed by atoms with E-state index in [9.17, 15) is 13.7 Å². The minimum Gasteiger partial charge on any atom is -0.223 e. The zero-order valence-electron chi connectivity index (χ0n) is 12.1. The number of hydrogen-bond donors (Lipinski definition) is 0. The maximum atomic E-state index is 12.9. The molecule has 2 rings (SSSR count). The van der Waals surface area contributed by atoms with Gasteiger partial charge in [-0.2, -0.15) is 5.26 Å². The number of benzene rings is 1. The molecule has 5 heteroatoms. The quantitative estimate of drug-likeness (QED) is 0.793. The Hall–Kier alpha value is -0.860. The van der Waals surface area contributed by atoms with Crippen molar-refractivity contribution in [2.45, 2.75) is 49.2 Å². The van der Waals surface area contributed by atoms with Crippen LogP contribution in [0.5, 0.6) is 0 Å². The average Bonchev–Trinajstić information content (AvgIpc) is 2.47. The molecule has 0 spiro atoms. The molecule has 1 aromatic carbocycles. The summed E-state index contributed by atoms with van der Waals surface area (Å²) in [5.74, 6) is 0.0358. The predicted molar refractivity (Wildman–Crippen MR) is 86.5 cm³/mol. The highest BCUT2D eigenvalue weighted by molar-refractivity contribution is 9.10. The third-order valence-corrected chi connectivity index (χ3v) is 7.01. The molecule has 3 unspecified atom stereocenters. The van der Waals surface area contributed by atoms with Crippen LogP contribution in [0, 0.1) is 23.2 Å². The largest absolute Gasteiger partial charge is 0.223 e. The number of sulfone groups is 1. The predicted octanol–water partition coefficient (Wildman–Crippen LogP) is 4.33. The topological polar surface area (TPSA) is 57.9 Å².